The summed E-state index contributed by atoms with van der Waals surface area (Å²) in [6.07, 6.45) is 3.99. The van der Waals surface area contributed by atoms with Gasteiger partial charge in [-0.15, -0.1) is 0 Å². The van der Waals surface area contributed by atoms with Crippen molar-refractivity contribution >= 4 is 21.7 Å². The Labute approximate surface area is 113 Å². The number of carbonyl (C=O) groups is 1. The van der Waals surface area contributed by atoms with Crippen molar-refractivity contribution < 1.29 is 14.3 Å². The number of allylic oxidation sites excluding steroid dienone is 3. The highest BCUT2D eigenvalue weighted by Gasteiger charge is 2.30. The minimum atomic E-state index is -1.78. The maximum atomic E-state index is 13.7. The van der Waals surface area contributed by atoms with Gasteiger partial charge in [-0.2, -0.15) is 0 Å². The highest BCUT2D eigenvalue weighted by Crippen LogP contribution is 2.33. The molecule has 94 valence electrons. The number of alkyl halides is 2. The zero-order chi connectivity index (χ0) is 13.2. The first-order valence-electron chi connectivity index (χ1n) is 5.52. The Balaban J connectivity index is 2.30. The first-order valence-corrected chi connectivity index (χ1v) is 6.32. The highest BCUT2D eigenvalue weighted by molar-refractivity contribution is 9.10. The number of ketones is 1. The number of Topliss-reactive ketones (excluding diaryl/α,β-unsaturated/α-hetero) is 1. The van der Waals surface area contributed by atoms with Crippen LogP contribution in [-0.4, -0.2) is 22.1 Å². The molecule has 0 amide bonds. The molecular weight excluding hydrogens is 299 g/mol. The van der Waals surface area contributed by atoms with Gasteiger partial charge in [-0.25, -0.2) is 4.39 Å². The third-order valence-corrected chi connectivity index (χ3v) is 3.30. The van der Waals surface area contributed by atoms with Crippen LogP contribution in [-0.2, 0) is 0 Å². The van der Waals surface area contributed by atoms with Gasteiger partial charge >= 0.3 is 0 Å². The third-order valence-electron chi connectivity index (χ3n) is 2.81. The van der Waals surface area contributed by atoms with Crippen molar-refractivity contribution in [3.63, 3.8) is 0 Å². The van der Waals surface area contributed by atoms with E-state index in [-0.39, 0.29) is 12.4 Å². The van der Waals surface area contributed by atoms with Crippen LogP contribution in [0.3, 0.4) is 0 Å². The summed E-state index contributed by atoms with van der Waals surface area (Å²) < 4.78 is 11.9. The summed E-state index contributed by atoms with van der Waals surface area (Å²) in [5.74, 6) is -0.742. The number of aliphatic hydroxyl groups excluding tert-OH is 1. The molecule has 4 heteroatoms. The maximum Gasteiger partial charge on any atom is 0.201 e. The molecule has 0 saturated carbocycles. The van der Waals surface area contributed by atoms with E-state index in [1.807, 2.05) is 6.07 Å². The van der Waals surface area contributed by atoms with E-state index in [2.05, 4.69) is 15.9 Å². The molecule has 0 bridgehead atoms. The number of benzene rings is 1. The summed E-state index contributed by atoms with van der Waals surface area (Å²) in [6, 6.07) is 8.77. The predicted octanol–water partition coefficient (Wildman–Crippen LogP) is 3.03. The van der Waals surface area contributed by atoms with Crippen molar-refractivity contribution in [1.29, 1.82) is 0 Å². The summed E-state index contributed by atoms with van der Waals surface area (Å²) in [5, 5.41) is 9.25. The number of carbonyl (C=O) groups excluding carboxylic acids is 1. The molecule has 0 fully saturated rings. The molecule has 2 unspecified atom stereocenters. The average Bonchev–Trinajstić information content (AvgIpc) is 2.38. The van der Waals surface area contributed by atoms with Gasteiger partial charge < -0.3 is 5.11 Å². The van der Waals surface area contributed by atoms with Gasteiger partial charge in [0.15, 0.2) is 5.78 Å². The predicted molar refractivity (Wildman–Crippen MR) is 71.3 cm³/mol. The van der Waals surface area contributed by atoms with Crippen LogP contribution >= 0.6 is 15.9 Å². The molecule has 18 heavy (non-hydrogen) atoms. The van der Waals surface area contributed by atoms with Crippen LogP contribution < -0.4 is 0 Å². The molecule has 0 radical (unpaired) electrons. The zero-order valence-electron chi connectivity index (χ0n) is 9.51. The van der Waals surface area contributed by atoms with Crippen molar-refractivity contribution in [2.24, 2.45) is 5.92 Å². The van der Waals surface area contributed by atoms with Crippen molar-refractivity contribution in [2.45, 2.75) is 4.58 Å². The Kier molecular flexibility index (Phi) is 3.78. The van der Waals surface area contributed by atoms with Crippen LogP contribution in [0.4, 0.5) is 4.39 Å². The number of rotatable bonds is 3. The smallest absolute Gasteiger partial charge is 0.201 e. The quantitative estimate of drug-likeness (QED) is 0.529. The van der Waals surface area contributed by atoms with Gasteiger partial charge in [0.05, 0.1) is 12.5 Å². The first-order chi connectivity index (χ1) is 8.53. The Morgan fingerprint density at radius 2 is 2.06 bits per heavy atom. The molecule has 0 spiro atoms. The second kappa shape index (κ2) is 5.16. The van der Waals surface area contributed by atoms with Crippen LogP contribution in [0.25, 0.3) is 0 Å². The van der Waals surface area contributed by atoms with E-state index in [4.69, 9.17) is 0 Å². The van der Waals surface area contributed by atoms with Gasteiger partial charge in [0.2, 0.25) is 4.58 Å². The third kappa shape index (κ3) is 2.76. The van der Waals surface area contributed by atoms with Gasteiger partial charge in [0.1, 0.15) is 0 Å². The monoisotopic (exact) mass is 310 g/mol. The second-order valence-electron chi connectivity index (χ2n) is 4.12. The Morgan fingerprint density at radius 3 is 2.67 bits per heavy atom. The molecule has 1 aromatic carbocycles. The van der Waals surface area contributed by atoms with Gasteiger partial charge in [0, 0.05) is 5.56 Å². The number of hydrogen-bond acceptors (Lipinski definition) is 2. The number of aliphatic hydroxyl groups is 1. The molecule has 2 nitrogen and oxygen atoms in total. The number of hydrogen-bond donors (Lipinski definition) is 1. The molecule has 0 aliphatic heterocycles. The van der Waals surface area contributed by atoms with Gasteiger partial charge in [-0.3, -0.25) is 4.79 Å². The summed E-state index contributed by atoms with van der Waals surface area (Å²) >= 11 is 2.85. The van der Waals surface area contributed by atoms with Crippen LogP contribution in [0.15, 0.2) is 54.1 Å². The summed E-state index contributed by atoms with van der Waals surface area (Å²) in [5.41, 5.74) is 0.915. The average molecular weight is 311 g/mol. The molecule has 1 N–H and O–H groups in total. The molecule has 0 saturated heterocycles. The lowest BCUT2D eigenvalue weighted by molar-refractivity contribution is 0.0952. The fraction of sp³-hybridized carbons (Fsp3) is 0.214. The Morgan fingerprint density at radius 1 is 1.39 bits per heavy atom. The molecule has 1 aromatic rings. The van der Waals surface area contributed by atoms with Gasteiger partial charge in [-0.05, 0) is 33.7 Å². The summed E-state index contributed by atoms with van der Waals surface area (Å²) in [4.78, 5) is 12.2. The Bertz CT molecular complexity index is 506. The normalized spacial score (nSPS) is 26.8. The van der Waals surface area contributed by atoms with Crippen LogP contribution in [0, 0.1) is 5.92 Å². The first kappa shape index (κ1) is 13.2. The fourth-order valence-corrected chi connectivity index (χ4v) is 2.36. The van der Waals surface area contributed by atoms with Crippen molar-refractivity contribution in [1.82, 2.24) is 0 Å². The van der Waals surface area contributed by atoms with Crippen LogP contribution in [0.2, 0.25) is 0 Å². The van der Waals surface area contributed by atoms with Crippen LogP contribution in [0.1, 0.15) is 10.4 Å². The Hall–Kier alpha value is -1.26. The molecule has 0 aromatic heterocycles. The van der Waals surface area contributed by atoms with E-state index in [9.17, 15) is 14.3 Å². The van der Waals surface area contributed by atoms with Crippen molar-refractivity contribution in [3.05, 3.63) is 59.7 Å². The lowest BCUT2D eigenvalue weighted by Gasteiger charge is -2.22. The molecule has 1 aliphatic carbocycles. The van der Waals surface area contributed by atoms with Gasteiger partial charge in [0.25, 0.3) is 0 Å². The minimum Gasteiger partial charge on any atom is -0.392 e. The largest absolute Gasteiger partial charge is 0.392 e. The van der Waals surface area contributed by atoms with Crippen molar-refractivity contribution in [2.75, 3.05) is 6.61 Å². The van der Waals surface area contributed by atoms with Crippen LogP contribution in [0.5, 0.6) is 0 Å². The van der Waals surface area contributed by atoms with E-state index in [0.29, 0.717) is 11.1 Å². The zero-order valence-corrected chi connectivity index (χ0v) is 11.1. The fourth-order valence-electron chi connectivity index (χ4n) is 1.91. The standard InChI is InChI=1S/C14H12BrFO2/c15-14(16)7-6-12(11(8-14)9-17)13(18)10-4-2-1-3-5-10/h1-8,12,17H,9H2. The molecule has 2 rings (SSSR count). The lowest BCUT2D eigenvalue weighted by Crippen LogP contribution is -2.24. The maximum absolute atomic E-state index is 13.7. The minimum absolute atomic E-state index is 0.143. The van der Waals surface area contributed by atoms with E-state index in [0.717, 1.165) is 0 Å². The second-order valence-corrected chi connectivity index (χ2v) is 5.33. The van der Waals surface area contributed by atoms with E-state index in [1.165, 1.54) is 18.2 Å². The molecule has 1 aliphatic rings. The molecule has 2 atom stereocenters. The highest BCUT2D eigenvalue weighted by atomic mass is 79.9. The molecular formula is C14H12BrFO2. The molecule has 0 heterocycles. The van der Waals surface area contributed by atoms with E-state index < -0.39 is 10.5 Å². The number of halogens is 2. The van der Waals surface area contributed by atoms with E-state index >= 15 is 0 Å². The topological polar surface area (TPSA) is 37.3 Å². The van der Waals surface area contributed by atoms with Crippen molar-refractivity contribution in [3.8, 4) is 0 Å². The SMILES string of the molecule is O=C(c1ccccc1)C1C=CC(F)(Br)C=C1CO. The lowest BCUT2D eigenvalue weighted by atomic mass is 9.86. The van der Waals surface area contributed by atoms with E-state index in [1.54, 1.807) is 24.3 Å². The summed E-state index contributed by atoms with van der Waals surface area (Å²) in [7, 11) is 0. The van der Waals surface area contributed by atoms with Gasteiger partial charge in [-0.1, -0.05) is 36.4 Å². The summed E-state index contributed by atoms with van der Waals surface area (Å²) in [6.45, 7) is -0.342.